The van der Waals surface area contributed by atoms with Gasteiger partial charge < -0.3 is 5.73 Å². The molecule has 0 heterocycles. The van der Waals surface area contributed by atoms with Gasteiger partial charge in [-0.1, -0.05) is 40.5 Å². The molecule has 21 heavy (non-hydrogen) atoms. The minimum absolute atomic E-state index is 0.296. The average molecular weight is 295 g/mol. The van der Waals surface area contributed by atoms with Crippen molar-refractivity contribution in [3.63, 3.8) is 0 Å². The maximum absolute atomic E-state index is 6.33. The zero-order valence-corrected chi connectivity index (χ0v) is 15.0. The number of nitrogens with zero attached hydrogens (tertiary/aromatic N) is 1. The van der Waals surface area contributed by atoms with E-state index in [1.165, 1.54) is 64.5 Å². The predicted molar refractivity (Wildman–Crippen MR) is 92.4 cm³/mol. The molecule has 2 rings (SSSR count). The van der Waals surface area contributed by atoms with Crippen LogP contribution in [-0.2, 0) is 0 Å². The first kappa shape index (κ1) is 17.3. The van der Waals surface area contributed by atoms with Gasteiger partial charge in [-0.25, -0.2) is 0 Å². The van der Waals surface area contributed by atoms with Crippen molar-refractivity contribution in [3.8, 4) is 0 Å². The molecule has 2 fully saturated rings. The first-order valence-corrected chi connectivity index (χ1v) is 9.36. The van der Waals surface area contributed by atoms with E-state index < -0.39 is 0 Å². The lowest BCUT2D eigenvalue weighted by Gasteiger charge is -2.46. The van der Waals surface area contributed by atoms with Crippen molar-refractivity contribution in [2.75, 3.05) is 19.6 Å². The van der Waals surface area contributed by atoms with Gasteiger partial charge in [-0.15, -0.1) is 0 Å². The number of hydrogen-bond acceptors (Lipinski definition) is 2. The fourth-order valence-electron chi connectivity index (χ4n) is 4.55. The van der Waals surface area contributed by atoms with E-state index in [0.717, 1.165) is 18.4 Å². The van der Waals surface area contributed by atoms with Gasteiger partial charge in [-0.2, -0.15) is 0 Å². The van der Waals surface area contributed by atoms with Crippen molar-refractivity contribution in [1.82, 2.24) is 4.90 Å². The molecule has 2 atom stereocenters. The van der Waals surface area contributed by atoms with Crippen LogP contribution in [0.4, 0.5) is 0 Å². The molecule has 0 spiro atoms. The first-order valence-electron chi connectivity index (χ1n) is 9.36. The van der Waals surface area contributed by atoms with Crippen molar-refractivity contribution in [3.05, 3.63) is 0 Å². The Morgan fingerprint density at radius 1 is 1.05 bits per heavy atom. The van der Waals surface area contributed by atoms with Crippen LogP contribution in [0.25, 0.3) is 0 Å². The molecule has 124 valence electrons. The highest BCUT2D eigenvalue weighted by Gasteiger charge is 2.40. The van der Waals surface area contributed by atoms with Crippen LogP contribution in [-0.4, -0.2) is 30.1 Å². The van der Waals surface area contributed by atoms with E-state index in [1.54, 1.807) is 0 Å². The van der Waals surface area contributed by atoms with Crippen molar-refractivity contribution in [2.45, 2.75) is 84.6 Å². The van der Waals surface area contributed by atoms with Crippen LogP contribution < -0.4 is 5.73 Å². The zero-order valence-electron chi connectivity index (χ0n) is 15.0. The third-order valence-corrected chi connectivity index (χ3v) is 6.51. The monoisotopic (exact) mass is 294 g/mol. The summed E-state index contributed by atoms with van der Waals surface area (Å²) in [4.78, 5) is 2.77. The van der Waals surface area contributed by atoms with Crippen LogP contribution in [0.3, 0.4) is 0 Å². The Morgan fingerprint density at radius 2 is 1.76 bits per heavy atom. The van der Waals surface area contributed by atoms with Gasteiger partial charge in [0.15, 0.2) is 0 Å². The van der Waals surface area contributed by atoms with E-state index in [2.05, 4.69) is 32.6 Å². The smallest absolute Gasteiger partial charge is 0.0331 e. The molecular formula is C19H38N2. The summed E-state index contributed by atoms with van der Waals surface area (Å²) in [7, 11) is 0. The molecular weight excluding hydrogens is 256 g/mol. The van der Waals surface area contributed by atoms with Gasteiger partial charge in [0.1, 0.15) is 0 Å². The van der Waals surface area contributed by atoms with Gasteiger partial charge in [-0.3, -0.25) is 4.90 Å². The summed E-state index contributed by atoms with van der Waals surface area (Å²) in [5.41, 5.74) is 7.08. The fourth-order valence-corrected chi connectivity index (χ4v) is 4.55. The summed E-state index contributed by atoms with van der Waals surface area (Å²) in [6.45, 7) is 12.9. The Hall–Kier alpha value is -0.0800. The highest BCUT2D eigenvalue weighted by molar-refractivity contribution is 4.96. The lowest BCUT2D eigenvalue weighted by molar-refractivity contribution is 0.0486. The van der Waals surface area contributed by atoms with Crippen molar-refractivity contribution in [2.24, 2.45) is 23.0 Å². The maximum atomic E-state index is 6.33. The van der Waals surface area contributed by atoms with E-state index in [4.69, 9.17) is 5.73 Å². The standard InChI is InChI=1S/C19H38N2/c1-5-21(14-16-8-6-9-16)19(15-20)12-7-10-17(11-13-19)18(2,3)4/h16-17H,5-15,20H2,1-4H3. The van der Waals surface area contributed by atoms with Crippen LogP contribution >= 0.6 is 0 Å². The summed E-state index contributed by atoms with van der Waals surface area (Å²) in [6, 6.07) is 0. The van der Waals surface area contributed by atoms with Gasteiger partial charge in [0.25, 0.3) is 0 Å². The molecule has 0 amide bonds. The minimum atomic E-state index is 0.296. The van der Waals surface area contributed by atoms with Crippen LogP contribution in [0.5, 0.6) is 0 Å². The van der Waals surface area contributed by atoms with E-state index >= 15 is 0 Å². The summed E-state index contributed by atoms with van der Waals surface area (Å²) in [5, 5.41) is 0. The number of nitrogens with two attached hydrogens (primary N) is 1. The Balaban J connectivity index is 2.04. The van der Waals surface area contributed by atoms with Gasteiger partial charge >= 0.3 is 0 Å². The molecule has 0 aromatic rings. The Kier molecular flexibility index (Phi) is 5.76. The molecule has 0 aliphatic heterocycles. The molecule has 0 saturated heterocycles. The van der Waals surface area contributed by atoms with Gasteiger partial charge in [0.05, 0.1) is 0 Å². The van der Waals surface area contributed by atoms with Crippen LogP contribution in [0.1, 0.15) is 79.1 Å². The number of hydrogen-bond donors (Lipinski definition) is 1. The summed E-state index contributed by atoms with van der Waals surface area (Å²) in [6.07, 6.45) is 11.1. The number of likely N-dealkylation sites (N-methyl/N-ethyl adjacent to an activating group) is 1. The molecule has 0 bridgehead atoms. The van der Waals surface area contributed by atoms with Gasteiger partial charge in [0, 0.05) is 18.6 Å². The van der Waals surface area contributed by atoms with Crippen LogP contribution in [0.2, 0.25) is 0 Å². The fraction of sp³-hybridized carbons (Fsp3) is 1.00. The lowest BCUT2D eigenvalue weighted by Crippen LogP contribution is -2.55. The highest BCUT2D eigenvalue weighted by atomic mass is 15.2. The molecule has 0 radical (unpaired) electrons. The average Bonchev–Trinajstić information content (AvgIpc) is 2.60. The Labute approximate surface area is 132 Å². The number of rotatable bonds is 5. The van der Waals surface area contributed by atoms with E-state index in [9.17, 15) is 0 Å². The molecule has 2 N–H and O–H groups in total. The quantitative estimate of drug-likeness (QED) is 0.760. The van der Waals surface area contributed by atoms with Crippen LogP contribution in [0.15, 0.2) is 0 Å². The molecule has 2 aliphatic carbocycles. The second-order valence-electron chi connectivity index (χ2n) is 8.76. The SMILES string of the molecule is CCN(CC1CCC1)C1(CN)CCCC(C(C)(C)C)CC1. The largest absolute Gasteiger partial charge is 0.329 e. The van der Waals surface area contributed by atoms with Crippen molar-refractivity contribution >= 4 is 0 Å². The molecule has 0 aromatic carbocycles. The van der Waals surface area contributed by atoms with E-state index in [-0.39, 0.29) is 0 Å². The van der Waals surface area contributed by atoms with Gasteiger partial charge in [0.2, 0.25) is 0 Å². The Morgan fingerprint density at radius 3 is 2.24 bits per heavy atom. The Bertz CT molecular complexity index is 316. The maximum Gasteiger partial charge on any atom is 0.0331 e. The minimum Gasteiger partial charge on any atom is -0.329 e. The third kappa shape index (κ3) is 4.01. The molecule has 2 saturated carbocycles. The summed E-state index contributed by atoms with van der Waals surface area (Å²) in [5.74, 6) is 1.82. The predicted octanol–water partition coefficient (Wildman–Crippen LogP) is 4.43. The van der Waals surface area contributed by atoms with E-state index in [1.807, 2.05) is 0 Å². The second kappa shape index (κ2) is 7.00. The molecule has 0 aromatic heterocycles. The van der Waals surface area contributed by atoms with Crippen molar-refractivity contribution in [1.29, 1.82) is 0 Å². The zero-order chi connectivity index (χ0) is 15.5. The van der Waals surface area contributed by atoms with Crippen LogP contribution in [0, 0.1) is 17.3 Å². The molecule has 2 aliphatic rings. The van der Waals surface area contributed by atoms with Gasteiger partial charge in [-0.05, 0) is 62.3 Å². The van der Waals surface area contributed by atoms with E-state index in [0.29, 0.717) is 11.0 Å². The topological polar surface area (TPSA) is 29.3 Å². The third-order valence-electron chi connectivity index (χ3n) is 6.51. The second-order valence-corrected chi connectivity index (χ2v) is 8.76. The lowest BCUT2D eigenvalue weighted by atomic mass is 9.76. The normalized spacial score (nSPS) is 32.0. The first-order chi connectivity index (χ1) is 9.91. The molecule has 2 nitrogen and oxygen atoms in total. The molecule has 2 unspecified atom stereocenters. The summed E-state index contributed by atoms with van der Waals surface area (Å²) < 4.78 is 0. The van der Waals surface area contributed by atoms with Crippen molar-refractivity contribution < 1.29 is 0 Å². The highest BCUT2D eigenvalue weighted by Crippen LogP contribution is 2.42. The molecule has 2 heteroatoms. The summed E-state index contributed by atoms with van der Waals surface area (Å²) >= 11 is 0.